The minimum absolute atomic E-state index is 0.180. The van der Waals surface area contributed by atoms with E-state index in [0.717, 1.165) is 12.0 Å². The second-order valence-corrected chi connectivity index (χ2v) is 4.14. The molecule has 0 saturated carbocycles. The van der Waals surface area contributed by atoms with E-state index in [4.69, 9.17) is 4.74 Å². The molecule has 1 atom stereocenters. The molecule has 88 valence electrons. The van der Waals surface area contributed by atoms with Crippen molar-refractivity contribution >= 4 is 28.8 Å². The van der Waals surface area contributed by atoms with Gasteiger partial charge >= 0.3 is 5.97 Å². The number of nitrogens with one attached hydrogen (secondary N) is 1. The van der Waals surface area contributed by atoms with E-state index in [1.165, 1.54) is 0 Å². The molecule has 0 aliphatic heterocycles. The summed E-state index contributed by atoms with van der Waals surface area (Å²) >= 11 is 1.99. The number of carbonyl (C=O) groups is 1. The Kier molecular flexibility index (Phi) is 6.40. The number of halogens is 1. The van der Waals surface area contributed by atoms with E-state index >= 15 is 0 Å². The molecule has 1 rings (SSSR count). The molecule has 1 aromatic carbocycles. The van der Waals surface area contributed by atoms with Crippen molar-refractivity contribution in [3.8, 4) is 0 Å². The largest absolute Gasteiger partial charge is 0.465 e. The third kappa shape index (κ3) is 4.49. The van der Waals surface area contributed by atoms with Crippen LogP contribution in [0.25, 0.3) is 0 Å². The van der Waals surface area contributed by atoms with Gasteiger partial charge in [-0.2, -0.15) is 0 Å². The lowest BCUT2D eigenvalue weighted by Crippen LogP contribution is -2.34. The third-order valence-corrected chi connectivity index (χ3v) is 2.90. The van der Waals surface area contributed by atoms with Crippen LogP contribution in [0.15, 0.2) is 30.3 Å². The topological polar surface area (TPSA) is 38.3 Å². The maximum atomic E-state index is 11.6. The molecule has 0 aliphatic carbocycles. The maximum absolute atomic E-state index is 11.6. The Morgan fingerprint density at radius 2 is 2.12 bits per heavy atom. The Morgan fingerprint density at radius 1 is 1.44 bits per heavy atom. The summed E-state index contributed by atoms with van der Waals surface area (Å²) in [5, 5.41) is 0. The second-order valence-electron chi connectivity index (χ2n) is 3.52. The number of benzene rings is 1. The third-order valence-electron chi connectivity index (χ3n) is 2.15. The van der Waals surface area contributed by atoms with Crippen LogP contribution in [0.5, 0.6) is 0 Å². The van der Waals surface area contributed by atoms with Gasteiger partial charge in [0.15, 0.2) is 0 Å². The van der Waals surface area contributed by atoms with Crippen molar-refractivity contribution in [1.82, 2.24) is 3.53 Å². The van der Waals surface area contributed by atoms with Crippen molar-refractivity contribution in [2.45, 2.75) is 25.8 Å². The van der Waals surface area contributed by atoms with E-state index in [1.807, 2.05) is 60.1 Å². The molecule has 0 spiro atoms. The highest BCUT2D eigenvalue weighted by Crippen LogP contribution is 2.05. The van der Waals surface area contributed by atoms with Gasteiger partial charge in [0.2, 0.25) is 0 Å². The Hall–Kier alpha value is -0.620. The summed E-state index contributed by atoms with van der Waals surface area (Å²) in [6, 6.07) is 9.65. The molecular formula is C12H16INO2. The van der Waals surface area contributed by atoms with Crippen LogP contribution in [-0.4, -0.2) is 18.6 Å². The molecule has 0 bridgehead atoms. The van der Waals surface area contributed by atoms with Crippen molar-refractivity contribution < 1.29 is 9.53 Å². The lowest BCUT2D eigenvalue weighted by Gasteiger charge is -2.13. The number of carbonyl (C=O) groups excluding carboxylic acids is 1. The summed E-state index contributed by atoms with van der Waals surface area (Å²) < 4.78 is 8.06. The standard InChI is InChI=1S/C12H16INO2/c1-2-8-16-12(15)11(14-13)9-10-6-4-3-5-7-10/h3-7,11,14H,2,8-9H2,1H3. The fourth-order valence-corrected chi connectivity index (χ4v) is 1.79. The van der Waals surface area contributed by atoms with Crippen molar-refractivity contribution in [3.05, 3.63) is 35.9 Å². The van der Waals surface area contributed by atoms with Crippen LogP contribution in [0.3, 0.4) is 0 Å². The van der Waals surface area contributed by atoms with Gasteiger partial charge < -0.3 is 4.74 Å². The molecule has 1 unspecified atom stereocenters. The Balaban J connectivity index is 2.52. The molecule has 1 aromatic rings. The monoisotopic (exact) mass is 333 g/mol. The first kappa shape index (κ1) is 13.4. The Bertz CT molecular complexity index is 316. The number of hydrogen-bond donors (Lipinski definition) is 1. The molecule has 4 heteroatoms. The molecule has 1 N–H and O–H groups in total. The van der Waals surface area contributed by atoms with Crippen LogP contribution in [-0.2, 0) is 16.0 Å². The van der Waals surface area contributed by atoms with Crippen LogP contribution < -0.4 is 3.53 Å². The predicted octanol–water partition coefficient (Wildman–Crippen LogP) is 2.49. The van der Waals surface area contributed by atoms with Crippen molar-refractivity contribution in [2.75, 3.05) is 6.61 Å². The minimum Gasteiger partial charge on any atom is -0.465 e. The smallest absolute Gasteiger partial charge is 0.324 e. The molecule has 0 amide bonds. The molecule has 3 nitrogen and oxygen atoms in total. The first-order valence-electron chi connectivity index (χ1n) is 5.34. The summed E-state index contributed by atoms with van der Waals surface area (Å²) in [7, 11) is 0. The molecule has 0 radical (unpaired) electrons. The number of rotatable bonds is 6. The van der Waals surface area contributed by atoms with Crippen LogP contribution in [0.1, 0.15) is 18.9 Å². The molecule has 0 heterocycles. The van der Waals surface area contributed by atoms with E-state index in [0.29, 0.717) is 13.0 Å². The minimum atomic E-state index is -0.269. The van der Waals surface area contributed by atoms with Crippen molar-refractivity contribution in [2.24, 2.45) is 0 Å². The average Bonchev–Trinajstić information content (AvgIpc) is 2.34. The van der Waals surface area contributed by atoms with Gasteiger partial charge in [0.05, 0.1) is 6.61 Å². The van der Waals surface area contributed by atoms with E-state index in [-0.39, 0.29) is 12.0 Å². The fraction of sp³-hybridized carbons (Fsp3) is 0.417. The highest BCUT2D eigenvalue weighted by molar-refractivity contribution is 14.1. The van der Waals surface area contributed by atoms with Gasteiger partial charge in [-0.05, 0) is 18.4 Å². The highest BCUT2D eigenvalue weighted by Gasteiger charge is 2.18. The summed E-state index contributed by atoms with van der Waals surface area (Å²) in [6.07, 6.45) is 1.51. The van der Waals surface area contributed by atoms with E-state index < -0.39 is 0 Å². The maximum Gasteiger partial charge on any atom is 0.324 e. The zero-order valence-electron chi connectivity index (χ0n) is 9.28. The van der Waals surface area contributed by atoms with Gasteiger partial charge in [-0.3, -0.25) is 4.79 Å². The molecule has 0 aliphatic rings. The second kappa shape index (κ2) is 7.62. The highest BCUT2D eigenvalue weighted by atomic mass is 127. The lowest BCUT2D eigenvalue weighted by molar-refractivity contribution is -0.145. The van der Waals surface area contributed by atoms with Gasteiger partial charge in [0.1, 0.15) is 6.04 Å². The predicted molar refractivity (Wildman–Crippen MR) is 72.3 cm³/mol. The lowest BCUT2D eigenvalue weighted by atomic mass is 10.1. The molecule has 0 saturated heterocycles. The Labute approximate surface area is 110 Å². The van der Waals surface area contributed by atoms with Gasteiger partial charge in [-0.15, -0.1) is 0 Å². The summed E-state index contributed by atoms with van der Waals surface area (Å²) in [5.74, 6) is -0.180. The van der Waals surface area contributed by atoms with Crippen LogP contribution in [0.4, 0.5) is 0 Å². The van der Waals surface area contributed by atoms with Crippen LogP contribution in [0.2, 0.25) is 0 Å². The number of esters is 1. The Morgan fingerprint density at radius 3 is 2.69 bits per heavy atom. The van der Waals surface area contributed by atoms with Crippen LogP contribution in [0, 0.1) is 0 Å². The first-order valence-corrected chi connectivity index (χ1v) is 6.42. The van der Waals surface area contributed by atoms with Gasteiger partial charge in [0.25, 0.3) is 0 Å². The van der Waals surface area contributed by atoms with Gasteiger partial charge in [0, 0.05) is 22.9 Å². The van der Waals surface area contributed by atoms with Crippen LogP contribution >= 0.6 is 22.9 Å². The van der Waals surface area contributed by atoms with Gasteiger partial charge in [-0.1, -0.05) is 37.3 Å². The van der Waals surface area contributed by atoms with Gasteiger partial charge in [-0.25, -0.2) is 3.53 Å². The molecule has 0 fully saturated rings. The van der Waals surface area contributed by atoms with E-state index in [2.05, 4.69) is 3.53 Å². The van der Waals surface area contributed by atoms with E-state index in [9.17, 15) is 4.79 Å². The first-order chi connectivity index (χ1) is 7.77. The summed E-state index contributed by atoms with van der Waals surface area (Å²) in [4.78, 5) is 11.6. The molecule has 0 aromatic heterocycles. The average molecular weight is 333 g/mol. The fourth-order valence-electron chi connectivity index (χ4n) is 1.32. The number of ether oxygens (including phenoxy) is 1. The zero-order valence-corrected chi connectivity index (χ0v) is 11.4. The number of hydrogen-bond acceptors (Lipinski definition) is 3. The molecule has 16 heavy (non-hydrogen) atoms. The summed E-state index contributed by atoms with van der Waals surface area (Å²) in [6.45, 7) is 2.47. The molecular weight excluding hydrogens is 317 g/mol. The van der Waals surface area contributed by atoms with Crippen molar-refractivity contribution in [1.29, 1.82) is 0 Å². The summed E-state index contributed by atoms with van der Waals surface area (Å²) in [5.41, 5.74) is 1.13. The normalized spacial score (nSPS) is 12.1. The SMILES string of the molecule is CCCOC(=O)C(Cc1ccccc1)NI. The quantitative estimate of drug-likeness (QED) is 0.494. The zero-order chi connectivity index (χ0) is 11.8. The van der Waals surface area contributed by atoms with Crippen molar-refractivity contribution in [3.63, 3.8) is 0 Å². The van der Waals surface area contributed by atoms with E-state index in [1.54, 1.807) is 0 Å².